The summed E-state index contributed by atoms with van der Waals surface area (Å²) in [7, 11) is 0. The number of amides is 2. The van der Waals surface area contributed by atoms with Crippen molar-refractivity contribution < 1.29 is 9.59 Å². The van der Waals surface area contributed by atoms with Crippen LogP contribution in [0.4, 0.5) is 0 Å². The number of carbonyl (C=O) groups excluding carboxylic acids is 2. The van der Waals surface area contributed by atoms with Gasteiger partial charge in [0.2, 0.25) is 11.8 Å². The van der Waals surface area contributed by atoms with E-state index in [1.807, 2.05) is 69.3 Å². The van der Waals surface area contributed by atoms with Crippen LogP contribution in [-0.2, 0) is 22.6 Å². The largest absolute Gasteiger partial charge is 0.354 e. The minimum atomic E-state index is -0.520. The molecule has 1 atom stereocenters. The molecule has 0 heterocycles. The number of benzene rings is 2. The number of hydrogen-bond acceptors (Lipinski definition) is 2. The predicted octanol–water partition coefficient (Wildman–Crippen LogP) is 4.18. The molecular formula is C24H32N2O2. The molecule has 0 saturated heterocycles. The molecule has 2 rings (SSSR count). The summed E-state index contributed by atoms with van der Waals surface area (Å²) < 4.78 is 0. The lowest BCUT2D eigenvalue weighted by Crippen LogP contribution is -2.48. The van der Waals surface area contributed by atoms with Crippen molar-refractivity contribution in [1.29, 1.82) is 0 Å². The first-order valence-corrected chi connectivity index (χ1v) is 10.1. The van der Waals surface area contributed by atoms with Crippen LogP contribution in [0.3, 0.4) is 0 Å². The molecule has 1 N–H and O–H groups in total. The zero-order valence-electron chi connectivity index (χ0n) is 17.5. The van der Waals surface area contributed by atoms with E-state index in [-0.39, 0.29) is 11.8 Å². The van der Waals surface area contributed by atoms with E-state index in [1.165, 1.54) is 0 Å². The number of nitrogens with zero attached hydrogens (tertiary/aromatic N) is 1. The van der Waals surface area contributed by atoms with Gasteiger partial charge in [-0.1, -0.05) is 61.9 Å². The number of hydrogen-bond donors (Lipinski definition) is 1. The van der Waals surface area contributed by atoms with Gasteiger partial charge in [0.15, 0.2) is 0 Å². The monoisotopic (exact) mass is 380 g/mol. The molecule has 2 aromatic rings. The van der Waals surface area contributed by atoms with Crippen LogP contribution < -0.4 is 5.32 Å². The third-order valence-electron chi connectivity index (χ3n) is 5.20. The Morgan fingerprint density at radius 1 is 0.964 bits per heavy atom. The highest BCUT2D eigenvalue weighted by Crippen LogP contribution is 2.16. The number of rotatable bonds is 9. The highest BCUT2D eigenvalue weighted by Gasteiger charge is 2.26. The molecule has 0 bridgehead atoms. The Morgan fingerprint density at radius 3 is 2.11 bits per heavy atom. The molecule has 4 nitrogen and oxygen atoms in total. The smallest absolute Gasteiger partial charge is 0.242 e. The van der Waals surface area contributed by atoms with Crippen molar-refractivity contribution in [2.24, 2.45) is 0 Å². The third-order valence-corrected chi connectivity index (χ3v) is 5.20. The fraction of sp³-hybridized carbons (Fsp3) is 0.417. The van der Waals surface area contributed by atoms with Gasteiger partial charge in [0.1, 0.15) is 6.04 Å². The lowest BCUT2D eigenvalue weighted by Gasteiger charge is -2.29. The highest BCUT2D eigenvalue weighted by atomic mass is 16.2. The van der Waals surface area contributed by atoms with Gasteiger partial charge < -0.3 is 10.2 Å². The van der Waals surface area contributed by atoms with Gasteiger partial charge in [-0.15, -0.1) is 0 Å². The van der Waals surface area contributed by atoms with E-state index in [2.05, 4.69) is 12.2 Å². The zero-order chi connectivity index (χ0) is 20.5. The second-order valence-corrected chi connectivity index (χ2v) is 7.37. The summed E-state index contributed by atoms with van der Waals surface area (Å²) >= 11 is 0. The summed E-state index contributed by atoms with van der Waals surface area (Å²) in [6.07, 6.45) is 2.26. The summed E-state index contributed by atoms with van der Waals surface area (Å²) in [5.74, 6) is -0.129. The highest BCUT2D eigenvalue weighted by molar-refractivity contribution is 5.88. The maximum absolute atomic E-state index is 13.2. The molecule has 0 fully saturated rings. The van der Waals surface area contributed by atoms with Crippen LogP contribution in [0.15, 0.2) is 48.5 Å². The van der Waals surface area contributed by atoms with E-state index in [1.54, 1.807) is 4.90 Å². The molecule has 0 radical (unpaired) electrons. The first kappa shape index (κ1) is 21.7. The average molecular weight is 381 g/mol. The Hall–Kier alpha value is -2.62. The summed E-state index contributed by atoms with van der Waals surface area (Å²) in [6.45, 7) is 9.02. The van der Waals surface area contributed by atoms with Crippen molar-refractivity contribution in [2.75, 3.05) is 6.54 Å². The van der Waals surface area contributed by atoms with Gasteiger partial charge in [-0.2, -0.15) is 0 Å². The van der Waals surface area contributed by atoms with E-state index in [0.29, 0.717) is 19.5 Å². The molecule has 2 amide bonds. The second-order valence-electron chi connectivity index (χ2n) is 7.37. The van der Waals surface area contributed by atoms with Crippen molar-refractivity contribution in [2.45, 2.75) is 59.5 Å². The van der Waals surface area contributed by atoms with Crippen LogP contribution >= 0.6 is 0 Å². The van der Waals surface area contributed by atoms with Gasteiger partial charge in [-0.05, 0) is 49.4 Å². The first-order valence-electron chi connectivity index (χ1n) is 10.1. The molecule has 2 aromatic carbocycles. The van der Waals surface area contributed by atoms with Crippen LogP contribution in [0, 0.1) is 13.8 Å². The Balaban J connectivity index is 2.22. The van der Waals surface area contributed by atoms with Gasteiger partial charge >= 0.3 is 0 Å². The summed E-state index contributed by atoms with van der Waals surface area (Å²) in [5.41, 5.74) is 4.27. The number of nitrogens with one attached hydrogen (secondary N) is 1. The predicted molar refractivity (Wildman–Crippen MR) is 114 cm³/mol. The Bertz CT molecular complexity index is 801. The molecule has 0 aliphatic rings. The Morgan fingerprint density at radius 2 is 1.54 bits per heavy atom. The van der Waals surface area contributed by atoms with Crippen LogP contribution in [0.5, 0.6) is 0 Å². The number of unbranched alkanes of at least 4 members (excludes halogenated alkanes) is 1. The van der Waals surface area contributed by atoms with E-state index in [9.17, 15) is 9.59 Å². The third kappa shape index (κ3) is 5.95. The van der Waals surface area contributed by atoms with E-state index < -0.39 is 6.04 Å². The lowest BCUT2D eigenvalue weighted by atomic mass is 10.0. The summed E-state index contributed by atoms with van der Waals surface area (Å²) in [4.78, 5) is 27.6. The van der Waals surface area contributed by atoms with E-state index in [0.717, 1.165) is 35.1 Å². The number of aryl methyl sites for hydroxylation is 2. The van der Waals surface area contributed by atoms with E-state index in [4.69, 9.17) is 0 Å². The van der Waals surface area contributed by atoms with E-state index >= 15 is 0 Å². The minimum absolute atomic E-state index is 0.0318. The van der Waals surface area contributed by atoms with Gasteiger partial charge in [0.05, 0.1) is 6.42 Å². The fourth-order valence-electron chi connectivity index (χ4n) is 3.16. The van der Waals surface area contributed by atoms with Crippen molar-refractivity contribution in [3.8, 4) is 0 Å². The normalized spacial score (nSPS) is 11.7. The van der Waals surface area contributed by atoms with Gasteiger partial charge in [0.25, 0.3) is 0 Å². The molecule has 0 aliphatic carbocycles. The summed E-state index contributed by atoms with van der Waals surface area (Å²) in [6, 6.07) is 15.4. The van der Waals surface area contributed by atoms with Crippen LogP contribution in [0.1, 0.15) is 48.9 Å². The van der Waals surface area contributed by atoms with Crippen molar-refractivity contribution in [3.63, 3.8) is 0 Å². The van der Waals surface area contributed by atoms with Crippen molar-refractivity contribution >= 4 is 11.8 Å². The molecular weight excluding hydrogens is 348 g/mol. The lowest BCUT2D eigenvalue weighted by molar-refractivity contribution is -0.140. The molecule has 0 aliphatic heterocycles. The summed E-state index contributed by atoms with van der Waals surface area (Å²) in [5, 5.41) is 2.96. The second kappa shape index (κ2) is 10.6. The fourth-order valence-corrected chi connectivity index (χ4v) is 3.16. The molecule has 0 spiro atoms. The maximum Gasteiger partial charge on any atom is 0.242 e. The minimum Gasteiger partial charge on any atom is -0.354 e. The molecule has 0 unspecified atom stereocenters. The van der Waals surface area contributed by atoms with Crippen LogP contribution in [-0.4, -0.2) is 29.3 Å². The Labute approximate surface area is 169 Å². The maximum atomic E-state index is 13.2. The van der Waals surface area contributed by atoms with Gasteiger partial charge in [0, 0.05) is 13.1 Å². The Kier molecular flexibility index (Phi) is 8.24. The first-order chi connectivity index (χ1) is 13.4. The molecule has 28 heavy (non-hydrogen) atoms. The molecule has 0 saturated carbocycles. The van der Waals surface area contributed by atoms with Gasteiger partial charge in [-0.3, -0.25) is 9.59 Å². The topological polar surface area (TPSA) is 49.4 Å². The van der Waals surface area contributed by atoms with Crippen molar-refractivity contribution in [1.82, 2.24) is 10.2 Å². The average Bonchev–Trinajstić information content (AvgIpc) is 2.68. The molecule has 4 heteroatoms. The van der Waals surface area contributed by atoms with Crippen LogP contribution in [0.25, 0.3) is 0 Å². The SMILES string of the molecule is CCCCNC(=O)[C@@H](C)N(Cc1ccccc1C)C(=O)Cc1ccccc1C. The van der Waals surface area contributed by atoms with Crippen molar-refractivity contribution in [3.05, 3.63) is 70.8 Å². The zero-order valence-corrected chi connectivity index (χ0v) is 17.5. The van der Waals surface area contributed by atoms with Gasteiger partial charge in [-0.25, -0.2) is 0 Å². The van der Waals surface area contributed by atoms with Crippen LogP contribution in [0.2, 0.25) is 0 Å². The molecule has 0 aromatic heterocycles. The standard InChI is InChI=1S/C24H32N2O2/c1-5-6-15-25-24(28)20(4)26(17-22-14-10-8-12-19(22)3)23(27)16-21-13-9-7-11-18(21)2/h7-14,20H,5-6,15-17H2,1-4H3,(H,25,28)/t20-/m1/s1. The molecule has 150 valence electrons. The number of carbonyl (C=O) groups is 2. The quantitative estimate of drug-likeness (QED) is 0.664.